The maximum absolute atomic E-state index is 15.2. The Morgan fingerprint density at radius 2 is 1.56 bits per heavy atom. The number of aromatic nitrogens is 2. The molecule has 7 rings (SSSR count). The van der Waals surface area contributed by atoms with E-state index in [1.165, 1.54) is 18.7 Å². The molecule has 1 aliphatic carbocycles. The van der Waals surface area contributed by atoms with Gasteiger partial charge < -0.3 is 61.2 Å². The molecule has 4 atom stereocenters. The van der Waals surface area contributed by atoms with E-state index >= 15 is 4.39 Å². The number of aliphatic carboxylic acids is 1. The van der Waals surface area contributed by atoms with Gasteiger partial charge in [-0.15, -0.1) is 0 Å². The fourth-order valence-electron chi connectivity index (χ4n) is 9.19. The molecular formula is C56H71FN10O14. The molecule has 0 spiro atoms. The van der Waals surface area contributed by atoms with Crippen molar-refractivity contribution in [3.63, 3.8) is 0 Å². The summed E-state index contributed by atoms with van der Waals surface area (Å²) in [6.45, 7) is 9.24. The molecule has 2 unspecified atom stereocenters. The van der Waals surface area contributed by atoms with Gasteiger partial charge in [0.05, 0.1) is 55.7 Å². The number of carbonyl (C=O) groups is 10. The number of aryl methyl sites for hydroxylation is 1. The highest BCUT2D eigenvalue weighted by Gasteiger charge is 2.36. The van der Waals surface area contributed by atoms with Gasteiger partial charge in [0, 0.05) is 60.3 Å². The number of aldehydes is 1. The number of carbonyl (C=O) groups excluding carboxylic acids is 9. The number of methoxy groups -OCH3 is 1. The van der Waals surface area contributed by atoms with E-state index in [4.69, 9.17) is 19.6 Å². The van der Waals surface area contributed by atoms with Gasteiger partial charge in [-0.2, -0.15) is 0 Å². The Hall–Kier alpha value is -8.55. The number of imide groups is 1. The van der Waals surface area contributed by atoms with Crippen molar-refractivity contribution in [1.82, 2.24) is 51.7 Å². The van der Waals surface area contributed by atoms with Crippen LogP contribution in [-0.2, 0) is 83.4 Å². The number of rotatable bonds is 25. The highest BCUT2D eigenvalue weighted by molar-refractivity contribution is 6.14. The van der Waals surface area contributed by atoms with Crippen LogP contribution in [0.4, 0.5) is 4.39 Å². The number of nitrogens with zero attached hydrogens (tertiary/aromatic N) is 3. The monoisotopic (exact) mass is 1130 g/mol. The lowest BCUT2D eigenvalue weighted by atomic mass is 9.81. The van der Waals surface area contributed by atoms with E-state index in [0.717, 1.165) is 51.8 Å². The summed E-state index contributed by atoms with van der Waals surface area (Å²) in [6.07, 6.45) is 5.77. The van der Waals surface area contributed by atoms with Crippen molar-refractivity contribution in [3.8, 4) is 11.4 Å². The van der Waals surface area contributed by atoms with Crippen molar-refractivity contribution in [2.75, 3.05) is 53.6 Å². The van der Waals surface area contributed by atoms with E-state index < -0.39 is 41.8 Å². The van der Waals surface area contributed by atoms with Crippen LogP contribution in [0.25, 0.3) is 22.3 Å². The normalized spacial score (nSPS) is 14.4. The number of fused-ring (bicyclic) bond motifs is 4. The molecule has 0 saturated carbocycles. The number of likely N-dealkylation sites (N-methyl/N-ethyl adjacent to an activating group) is 2. The summed E-state index contributed by atoms with van der Waals surface area (Å²) in [5.41, 5.74) is 6.21. The number of benzene rings is 2. The number of halogens is 1. The minimum Gasteiger partial charge on any atom is -0.480 e. The second kappa shape index (κ2) is 32.5. The van der Waals surface area contributed by atoms with Crippen LogP contribution in [0.1, 0.15) is 97.9 Å². The van der Waals surface area contributed by atoms with Gasteiger partial charge in [0.2, 0.25) is 36.4 Å². The highest BCUT2D eigenvalue weighted by Crippen LogP contribution is 2.45. The van der Waals surface area contributed by atoms with Crippen molar-refractivity contribution >= 4 is 71.4 Å². The van der Waals surface area contributed by atoms with Crippen molar-refractivity contribution in [1.29, 1.82) is 0 Å². The first-order valence-corrected chi connectivity index (χ1v) is 26.2. The van der Waals surface area contributed by atoms with E-state index in [1.54, 1.807) is 32.4 Å². The first-order valence-electron chi connectivity index (χ1n) is 26.2. The summed E-state index contributed by atoms with van der Waals surface area (Å²) >= 11 is 0. The Bertz CT molecular complexity index is 3010. The summed E-state index contributed by atoms with van der Waals surface area (Å²) < 4.78 is 27.8. The van der Waals surface area contributed by atoms with Crippen molar-refractivity contribution in [2.24, 2.45) is 0 Å². The topological polar surface area (TPSA) is 332 Å². The number of nitrogens with one attached hydrogen (secondary N) is 7. The zero-order valence-corrected chi connectivity index (χ0v) is 46.4. The predicted molar refractivity (Wildman–Crippen MR) is 294 cm³/mol. The molecule has 25 heteroatoms. The van der Waals surface area contributed by atoms with Crippen LogP contribution in [-0.4, -0.2) is 146 Å². The standard InChI is InChI=1S/C33H38FN5O7.C12H16N2O2.C8H10N2O3.C3H7NO2/c1-5-18(13-40)20-9-26-31-21(12-39(26)33(44)22(20)14-45-4)30-24(8-7-19-17(3)23(34)10-25(37-31)29(19)30)38-32(43)27(6-2)46-16-36-28(42)11-35-15-41;1-10(14-12(16)8-13-9-15)7-11-5-3-2-4-6-11;1-2-9-6(11)5-10-7(12)3-4-8(10)13;1-4-2-3(5)6/h9-10,13,15,18,24,27H,5-8,11-12,14,16H2,1-4H3,(H,35,41)(H,36,42)(H,38,43);2-6,9-10H,7-8H2,1H3,(H,13,15)(H,14,16);3-4H,2,5H2,1H3,(H,9,11);4H,2H2,1H3,(H,5,6)/t18-,24-,27?;;;/m0.../s1. The lowest BCUT2D eigenvalue weighted by Crippen LogP contribution is -2.42. The Labute approximate surface area is 467 Å². The number of amides is 8. The molecule has 8 N–H and O–H groups in total. The molecule has 81 heavy (non-hydrogen) atoms. The van der Waals surface area contributed by atoms with Crippen molar-refractivity contribution in [2.45, 2.75) is 104 Å². The van der Waals surface area contributed by atoms with Gasteiger partial charge in [-0.3, -0.25) is 52.8 Å². The Kier molecular flexibility index (Phi) is 26.1. The third-order valence-corrected chi connectivity index (χ3v) is 13.0. The first kappa shape index (κ1) is 65.0. The summed E-state index contributed by atoms with van der Waals surface area (Å²) in [6, 6.07) is 12.7. The number of ether oxygens (including phenoxy) is 2. The van der Waals surface area contributed by atoms with Crippen molar-refractivity contribution in [3.05, 3.63) is 110 Å². The van der Waals surface area contributed by atoms with Gasteiger partial charge in [-0.05, 0) is 93.8 Å². The van der Waals surface area contributed by atoms with Gasteiger partial charge in [-0.25, -0.2) is 9.37 Å². The summed E-state index contributed by atoms with van der Waals surface area (Å²) in [5.74, 6) is -3.93. The second-order valence-corrected chi connectivity index (χ2v) is 18.7. The predicted octanol–water partition coefficient (Wildman–Crippen LogP) is 1.25. The van der Waals surface area contributed by atoms with E-state index in [0.29, 0.717) is 78.6 Å². The van der Waals surface area contributed by atoms with Gasteiger partial charge >= 0.3 is 5.97 Å². The molecule has 2 aromatic carbocycles. The average molecular weight is 1130 g/mol. The summed E-state index contributed by atoms with van der Waals surface area (Å²) in [4.78, 5) is 131. The summed E-state index contributed by atoms with van der Waals surface area (Å²) in [5, 5.41) is 26.6. The molecule has 24 nitrogen and oxygen atoms in total. The molecule has 3 aliphatic rings. The van der Waals surface area contributed by atoms with Gasteiger partial charge in [0.25, 0.3) is 17.4 Å². The van der Waals surface area contributed by atoms with Crippen LogP contribution >= 0.6 is 0 Å². The molecular weight excluding hydrogens is 1060 g/mol. The summed E-state index contributed by atoms with van der Waals surface area (Å²) in [7, 11) is 3.09. The quantitative estimate of drug-likeness (QED) is 0.0232. The number of hydrogen-bond acceptors (Lipinski definition) is 15. The largest absolute Gasteiger partial charge is 0.480 e. The van der Waals surface area contributed by atoms with E-state index in [2.05, 4.69) is 37.2 Å². The first-order chi connectivity index (χ1) is 38.8. The number of hydrogen-bond donors (Lipinski definition) is 8. The third-order valence-electron chi connectivity index (χ3n) is 13.0. The van der Waals surface area contributed by atoms with Gasteiger partial charge in [0.1, 0.15) is 31.5 Å². The lowest BCUT2D eigenvalue weighted by Gasteiger charge is -2.30. The van der Waals surface area contributed by atoms with Crippen LogP contribution in [0.2, 0.25) is 0 Å². The average Bonchev–Trinajstić information content (AvgIpc) is 4.04. The molecule has 436 valence electrons. The molecule has 4 aromatic rings. The van der Waals surface area contributed by atoms with Gasteiger partial charge in [-0.1, -0.05) is 44.2 Å². The second-order valence-electron chi connectivity index (χ2n) is 18.7. The maximum Gasteiger partial charge on any atom is 0.317 e. The minimum absolute atomic E-state index is 0.0304. The molecule has 4 heterocycles. The van der Waals surface area contributed by atoms with Crippen LogP contribution in [0.15, 0.2) is 59.4 Å². The fourth-order valence-corrected chi connectivity index (χ4v) is 9.19. The zero-order valence-electron chi connectivity index (χ0n) is 46.4. The Balaban J connectivity index is 0.000000325. The fraction of sp³-hybridized carbons (Fsp3) is 0.429. The molecule has 2 aromatic heterocycles. The lowest BCUT2D eigenvalue weighted by molar-refractivity contribution is -0.141. The van der Waals surface area contributed by atoms with Gasteiger partial charge in [0.15, 0.2) is 0 Å². The van der Waals surface area contributed by atoms with Crippen LogP contribution in [0.5, 0.6) is 0 Å². The third kappa shape index (κ3) is 18.0. The van der Waals surface area contributed by atoms with Crippen LogP contribution in [0, 0.1) is 12.7 Å². The number of carboxylic acid groups (broad SMARTS) is 1. The SMILES string of the molecule is CC(Cc1ccccc1)NC(=O)CNC=O.CCC(OCNC(=O)CNC=O)C(=O)N[C@H]1CCc2c(C)c(F)cc3nc4c(c1c23)Cn1c-4cc([C@H](C=O)CC)c(COC)c1=O.CCNC(=O)CN1C(=O)C=CC1=O.CNCC(=O)O. The highest BCUT2D eigenvalue weighted by atomic mass is 19.1. The number of carboxylic acids is 1. The maximum atomic E-state index is 15.2. The molecule has 0 bridgehead atoms. The van der Waals surface area contributed by atoms with E-state index in [1.807, 2.05) is 50.2 Å². The van der Waals surface area contributed by atoms with Crippen molar-refractivity contribution < 1.29 is 66.9 Å². The van der Waals surface area contributed by atoms with Crippen LogP contribution < -0.4 is 42.8 Å². The molecule has 0 fully saturated rings. The smallest absolute Gasteiger partial charge is 0.317 e. The van der Waals surface area contributed by atoms with E-state index in [9.17, 15) is 52.7 Å². The molecule has 0 radical (unpaired) electrons. The Morgan fingerprint density at radius 1 is 0.889 bits per heavy atom. The molecule has 2 aliphatic heterocycles. The minimum atomic E-state index is -0.880. The zero-order chi connectivity index (χ0) is 59.8. The molecule has 0 saturated heterocycles. The number of pyridine rings is 2. The Morgan fingerprint density at radius 3 is 2.12 bits per heavy atom. The van der Waals surface area contributed by atoms with Crippen LogP contribution in [0.3, 0.4) is 0 Å². The molecule has 8 amide bonds. The van der Waals surface area contributed by atoms with E-state index in [-0.39, 0.29) is 81.2 Å².